The first-order valence-corrected chi connectivity index (χ1v) is 6.73. The average molecular weight is 248 g/mol. The third kappa shape index (κ3) is 2.76. The van der Waals surface area contributed by atoms with Gasteiger partial charge in [-0.3, -0.25) is 4.90 Å². The second kappa shape index (κ2) is 5.59. The highest BCUT2D eigenvalue weighted by molar-refractivity contribution is 5.44. The minimum Gasteiger partial charge on any atom is -0.454 e. The fourth-order valence-electron chi connectivity index (χ4n) is 2.51. The van der Waals surface area contributed by atoms with Crippen LogP contribution >= 0.6 is 0 Å². The Morgan fingerprint density at radius 1 is 1.06 bits per heavy atom. The Morgan fingerprint density at radius 2 is 2.00 bits per heavy atom. The molecule has 4 nitrogen and oxygen atoms in total. The Labute approximate surface area is 108 Å². The van der Waals surface area contributed by atoms with Gasteiger partial charge in [0.2, 0.25) is 6.79 Å². The van der Waals surface area contributed by atoms with Crippen molar-refractivity contribution in [2.24, 2.45) is 0 Å². The van der Waals surface area contributed by atoms with Gasteiger partial charge in [0, 0.05) is 19.6 Å². The summed E-state index contributed by atoms with van der Waals surface area (Å²) >= 11 is 0. The molecule has 1 aromatic carbocycles. The molecule has 0 saturated carbocycles. The molecule has 0 aliphatic carbocycles. The van der Waals surface area contributed by atoms with E-state index in [2.05, 4.69) is 22.3 Å². The quantitative estimate of drug-likeness (QED) is 0.862. The van der Waals surface area contributed by atoms with Crippen LogP contribution in [-0.4, -0.2) is 37.9 Å². The van der Waals surface area contributed by atoms with Crippen molar-refractivity contribution in [3.63, 3.8) is 0 Å². The van der Waals surface area contributed by atoms with Gasteiger partial charge in [0.05, 0.1) is 0 Å². The summed E-state index contributed by atoms with van der Waals surface area (Å²) in [5.74, 6) is 1.76. The zero-order valence-electron chi connectivity index (χ0n) is 10.7. The largest absolute Gasteiger partial charge is 0.454 e. The van der Waals surface area contributed by atoms with Crippen molar-refractivity contribution in [2.45, 2.75) is 19.4 Å². The summed E-state index contributed by atoms with van der Waals surface area (Å²) in [6.45, 7) is 5.91. The van der Waals surface area contributed by atoms with E-state index in [1.54, 1.807) is 0 Å². The molecule has 0 aromatic heterocycles. The molecule has 1 saturated heterocycles. The van der Waals surface area contributed by atoms with E-state index < -0.39 is 0 Å². The van der Waals surface area contributed by atoms with Crippen LogP contribution in [0.2, 0.25) is 0 Å². The molecule has 2 aliphatic rings. The number of hydrogen-bond donors (Lipinski definition) is 1. The highest BCUT2D eigenvalue weighted by atomic mass is 16.7. The predicted octanol–water partition coefficient (Wildman–Crippen LogP) is 1.60. The summed E-state index contributed by atoms with van der Waals surface area (Å²) in [5, 5.41) is 3.46. The lowest BCUT2D eigenvalue weighted by Crippen LogP contribution is -2.35. The van der Waals surface area contributed by atoms with Gasteiger partial charge < -0.3 is 14.8 Å². The molecule has 18 heavy (non-hydrogen) atoms. The molecule has 0 unspecified atom stereocenters. The lowest BCUT2D eigenvalue weighted by atomic mass is 10.1. The number of benzene rings is 1. The van der Waals surface area contributed by atoms with Gasteiger partial charge >= 0.3 is 0 Å². The molecule has 0 amide bonds. The standard InChI is InChI=1S/C14H20N2O2/c1-2-7-16(8-6-15-5-1)10-12-3-4-13-14(9-12)18-11-17-13/h3-4,9,15H,1-2,5-8,10-11H2. The molecule has 0 atom stereocenters. The van der Waals surface area contributed by atoms with Crippen LogP contribution in [0.25, 0.3) is 0 Å². The maximum Gasteiger partial charge on any atom is 0.231 e. The van der Waals surface area contributed by atoms with E-state index >= 15 is 0 Å². The molecule has 2 aliphatic heterocycles. The third-order valence-electron chi connectivity index (χ3n) is 3.53. The minimum atomic E-state index is 0.354. The second-order valence-electron chi connectivity index (χ2n) is 4.92. The molecular weight excluding hydrogens is 228 g/mol. The van der Waals surface area contributed by atoms with Crippen LogP contribution in [0.5, 0.6) is 11.5 Å². The third-order valence-corrected chi connectivity index (χ3v) is 3.53. The monoisotopic (exact) mass is 248 g/mol. The molecule has 1 N–H and O–H groups in total. The molecule has 1 fully saturated rings. The Balaban J connectivity index is 1.64. The molecule has 0 spiro atoms. The van der Waals surface area contributed by atoms with Crippen molar-refractivity contribution in [1.29, 1.82) is 0 Å². The molecule has 4 heteroatoms. The van der Waals surface area contributed by atoms with Gasteiger partial charge in [-0.25, -0.2) is 0 Å². The van der Waals surface area contributed by atoms with E-state index in [1.807, 2.05) is 6.07 Å². The molecule has 98 valence electrons. The summed E-state index contributed by atoms with van der Waals surface area (Å²) in [6.07, 6.45) is 2.55. The van der Waals surface area contributed by atoms with Crippen molar-refractivity contribution in [3.8, 4) is 11.5 Å². The number of nitrogens with one attached hydrogen (secondary N) is 1. The Kier molecular flexibility index (Phi) is 3.67. The van der Waals surface area contributed by atoms with Gasteiger partial charge in [-0.2, -0.15) is 0 Å². The first-order chi connectivity index (χ1) is 8.92. The molecule has 3 rings (SSSR count). The minimum absolute atomic E-state index is 0.354. The Morgan fingerprint density at radius 3 is 3.00 bits per heavy atom. The van der Waals surface area contributed by atoms with Crippen molar-refractivity contribution < 1.29 is 9.47 Å². The lowest BCUT2D eigenvalue weighted by Gasteiger charge is -2.25. The normalized spacial score (nSPS) is 20.4. The predicted molar refractivity (Wildman–Crippen MR) is 69.9 cm³/mol. The Hall–Kier alpha value is -1.26. The van der Waals surface area contributed by atoms with Crippen molar-refractivity contribution in [2.75, 3.05) is 33.0 Å². The summed E-state index contributed by atoms with van der Waals surface area (Å²) in [4.78, 5) is 2.50. The van der Waals surface area contributed by atoms with Crippen LogP contribution < -0.4 is 14.8 Å². The topological polar surface area (TPSA) is 33.7 Å². The van der Waals surface area contributed by atoms with Gasteiger partial charge in [0.1, 0.15) is 0 Å². The molecular formula is C14H20N2O2. The van der Waals surface area contributed by atoms with Gasteiger partial charge in [-0.05, 0) is 43.6 Å². The van der Waals surface area contributed by atoms with Crippen LogP contribution in [-0.2, 0) is 6.54 Å². The second-order valence-corrected chi connectivity index (χ2v) is 4.92. The smallest absolute Gasteiger partial charge is 0.231 e. The SMILES string of the molecule is c1cc2c(cc1CN1CCCCNCC1)OCO2. The summed E-state index contributed by atoms with van der Waals surface area (Å²) in [7, 11) is 0. The zero-order chi connectivity index (χ0) is 12.2. The highest BCUT2D eigenvalue weighted by Crippen LogP contribution is 2.32. The number of fused-ring (bicyclic) bond motifs is 1. The number of rotatable bonds is 2. The fourth-order valence-corrected chi connectivity index (χ4v) is 2.51. The lowest BCUT2D eigenvalue weighted by molar-refractivity contribution is 0.174. The van der Waals surface area contributed by atoms with Gasteiger partial charge in [0.15, 0.2) is 11.5 Å². The molecule has 0 radical (unpaired) electrons. The van der Waals surface area contributed by atoms with Crippen LogP contribution in [0.3, 0.4) is 0 Å². The van der Waals surface area contributed by atoms with Gasteiger partial charge in [-0.1, -0.05) is 6.07 Å². The Bertz CT molecular complexity index is 401. The van der Waals surface area contributed by atoms with E-state index in [4.69, 9.17) is 9.47 Å². The van der Waals surface area contributed by atoms with E-state index in [0.29, 0.717) is 6.79 Å². The van der Waals surface area contributed by atoms with Crippen LogP contribution in [0.1, 0.15) is 18.4 Å². The number of hydrogen-bond acceptors (Lipinski definition) is 4. The average Bonchev–Trinajstić information content (AvgIpc) is 2.79. The first-order valence-electron chi connectivity index (χ1n) is 6.73. The van der Waals surface area contributed by atoms with Crippen LogP contribution in [0.4, 0.5) is 0 Å². The number of ether oxygens (including phenoxy) is 2. The maximum atomic E-state index is 5.42. The summed E-state index contributed by atoms with van der Waals surface area (Å²) in [6, 6.07) is 6.26. The van der Waals surface area contributed by atoms with E-state index in [1.165, 1.54) is 24.9 Å². The first kappa shape index (κ1) is 11.8. The summed E-state index contributed by atoms with van der Waals surface area (Å²) in [5.41, 5.74) is 1.31. The van der Waals surface area contributed by atoms with Crippen molar-refractivity contribution in [1.82, 2.24) is 10.2 Å². The fraction of sp³-hybridized carbons (Fsp3) is 0.571. The summed E-state index contributed by atoms with van der Waals surface area (Å²) < 4.78 is 10.8. The molecule has 0 bridgehead atoms. The van der Waals surface area contributed by atoms with Gasteiger partial charge in [-0.15, -0.1) is 0 Å². The van der Waals surface area contributed by atoms with E-state index in [-0.39, 0.29) is 0 Å². The van der Waals surface area contributed by atoms with Crippen LogP contribution in [0, 0.1) is 0 Å². The van der Waals surface area contributed by atoms with Crippen LogP contribution in [0.15, 0.2) is 18.2 Å². The van der Waals surface area contributed by atoms with E-state index in [9.17, 15) is 0 Å². The van der Waals surface area contributed by atoms with Crippen molar-refractivity contribution >= 4 is 0 Å². The van der Waals surface area contributed by atoms with Crippen molar-refractivity contribution in [3.05, 3.63) is 23.8 Å². The van der Waals surface area contributed by atoms with E-state index in [0.717, 1.165) is 37.7 Å². The highest BCUT2D eigenvalue weighted by Gasteiger charge is 2.14. The van der Waals surface area contributed by atoms with Gasteiger partial charge in [0.25, 0.3) is 0 Å². The number of nitrogens with zero attached hydrogens (tertiary/aromatic N) is 1. The maximum absolute atomic E-state index is 5.42. The molecule has 1 aromatic rings. The zero-order valence-corrected chi connectivity index (χ0v) is 10.7. The molecule has 2 heterocycles.